The molecule has 0 aliphatic carbocycles. The van der Waals surface area contributed by atoms with Crippen LogP contribution in [0.15, 0.2) is 24.3 Å². The molecule has 0 saturated carbocycles. The van der Waals surface area contributed by atoms with E-state index in [0.717, 1.165) is 39.9 Å². The van der Waals surface area contributed by atoms with Crippen LogP contribution in [0, 0.1) is 13.8 Å². The summed E-state index contributed by atoms with van der Waals surface area (Å²) in [5.41, 5.74) is 10.3. The third-order valence-corrected chi connectivity index (χ3v) is 4.32. The summed E-state index contributed by atoms with van der Waals surface area (Å²) in [6.45, 7) is 5.26. The molecular weight excluding hydrogens is 302 g/mol. The maximum absolute atomic E-state index is 11.9. The molecule has 3 N–H and O–H groups in total. The molecule has 0 unspecified atom stereocenters. The molecule has 1 aromatic carbocycles. The highest BCUT2D eigenvalue weighted by Crippen LogP contribution is 2.22. The van der Waals surface area contributed by atoms with Crippen molar-refractivity contribution in [2.75, 3.05) is 13.1 Å². The first-order chi connectivity index (χ1) is 11.6. The minimum absolute atomic E-state index is 0.0490. The van der Waals surface area contributed by atoms with Crippen molar-refractivity contribution >= 4 is 22.5 Å². The van der Waals surface area contributed by atoms with Gasteiger partial charge in [0.1, 0.15) is 0 Å². The van der Waals surface area contributed by atoms with Crippen LogP contribution < -0.4 is 11.1 Å². The van der Waals surface area contributed by atoms with Crippen molar-refractivity contribution in [1.82, 2.24) is 19.9 Å². The Morgan fingerprint density at radius 3 is 2.88 bits per heavy atom. The van der Waals surface area contributed by atoms with Gasteiger partial charge in [-0.25, -0.2) is 9.50 Å². The lowest BCUT2D eigenvalue weighted by Crippen LogP contribution is -2.26. The number of aryl methyl sites for hydroxylation is 2. The Hall–Kier alpha value is -2.47. The van der Waals surface area contributed by atoms with Gasteiger partial charge in [0.15, 0.2) is 5.65 Å². The van der Waals surface area contributed by atoms with E-state index in [2.05, 4.69) is 10.4 Å². The van der Waals surface area contributed by atoms with Gasteiger partial charge in [0.2, 0.25) is 5.91 Å². The zero-order valence-corrected chi connectivity index (χ0v) is 14.2. The fourth-order valence-corrected chi connectivity index (χ4v) is 3.00. The van der Waals surface area contributed by atoms with Gasteiger partial charge in [0.05, 0.1) is 5.52 Å². The minimum atomic E-state index is 0.0490. The number of nitrogens with one attached hydrogen (secondary N) is 1. The second-order valence-electron chi connectivity index (χ2n) is 6.01. The molecule has 0 aliphatic rings. The predicted molar refractivity (Wildman–Crippen MR) is 95.0 cm³/mol. The molecule has 126 valence electrons. The molecule has 0 saturated heterocycles. The lowest BCUT2D eigenvalue weighted by atomic mass is 10.1. The lowest BCUT2D eigenvalue weighted by molar-refractivity contribution is -0.121. The van der Waals surface area contributed by atoms with Gasteiger partial charge in [-0.05, 0) is 50.9 Å². The summed E-state index contributed by atoms with van der Waals surface area (Å²) in [5, 5.41) is 8.58. The topological polar surface area (TPSA) is 85.3 Å². The van der Waals surface area contributed by atoms with E-state index in [1.807, 2.05) is 42.6 Å². The van der Waals surface area contributed by atoms with E-state index >= 15 is 0 Å². The molecule has 0 aliphatic heterocycles. The van der Waals surface area contributed by atoms with Gasteiger partial charge in [0.25, 0.3) is 0 Å². The normalized spacial score (nSPS) is 11.3. The molecule has 2 aromatic heterocycles. The largest absolute Gasteiger partial charge is 0.356 e. The van der Waals surface area contributed by atoms with Gasteiger partial charge in [-0.3, -0.25) is 4.79 Å². The Bertz CT molecular complexity index is 884. The number of nitrogens with two attached hydrogens (primary N) is 1. The third kappa shape index (κ3) is 3.10. The van der Waals surface area contributed by atoms with Crippen LogP contribution in [-0.4, -0.2) is 33.6 Å². The van der Waals surface area contributed by atoms with Gasteiger partial charge in [-0.15, -0.1) is 0 Å². The highest BCUT2D eigenvalue weighted by molar-refractivity contribution is 5.92. The van der Waals surface area contributed by atoms with E-state index in [-0.39, 0.29) is 5.91 Å². The Morgan fingerprint density at radius 1 is 1.29 bits per heavy atom. The van der Waals surface area contributed by atoms with Crippen molar-refractivity contribution < 1.29 is 4.79 Å². The Labute approximate surface area is 141 Å². The number of rotatable bonds is 6. The smallest absolute Gasteiger partial charge is 0.220 e. The molecule has 0 radical (unpaired) electrons. The van der Waals surface area contributed by atoms with E-state index in [1.54, 1.807) is 0 Å². The van der Waals surface area contributed by atoms with Gasteiger partial charge >= 0.3 is 0 Å². The van der Waals surface area contributed by atoms with Gasteiger partial charge < -0.3 is 11.1 Å². The maximum Gasteiger partial charge on any atom is 0.220 e. The maximum atomic E-state index is 11.9. The summed E-state index contributed by atoms with van der Waals surface area (Å²) in [7, 11) is 0. The average molecular weight is 325 g/mol. The summed E-state index contributed by atoms with van der Waals surface area (Å²) >= 11 is 0. The van der Waals surface area contributed by atoms with Crippen LogP contribution in [0.25, 0.3) is 16.6 Å². The van der Waals surface area contributed by atoms with Crippen molar-refractivity contribution in [2.24, 2.45) is 5.73 Å². The third-order valence-electron chi connectivity index (χ3n) is 4.32. The molecule has 0 bridgehead atoms. The van der Waals surface area contributed by atoms with E-state index in [0.29, 0.717) is 25.9 Å². The second kappa shape index (κ2) is 6.97. The lowest BCUT2D eigenvalue weighted by Gasteiger charge is -2.11. The van der Waals surface area contributed by atoms with Crippen LogP contribution in [0.2, 0.25) is 0 Å². The molecule has 0 fully saturated rings. The molecule has 3 rings (SSSR count). The Kier molecular flexibility index (Phi) is 4.76. The van der Waals surface area contributed by atoms with Crippen molar-refractivity contribution in [3.63, 3.8) is 0 Å². The number of benzene rings is 1. The number of fused-ring (bicyclic) bond motifs is 3. The molecule has 6 heteroatoms. The van der Waals surface area contributed by atoms with Gasteiger partial charge in [-0.1, -0.05) is 12.1 Å². The van der Waals surface area contributed by atoms with Crippen molar-refractivity contribution in [3.05, 3.63) is 41.2 Å². The van der Waals surface area contributed by atoms with Crippen LogP contribution in [0.1, 0.15) is 29.8 Å². The fourth-order valence-electron chi connectivity index (χ4n) is 3.00. The van der Waals surface area contributed by atoms with E-state index in [9.17, 15) is 4.79 Å². The summed E-state index contributed by atoms with van der Waals surface area (Å²) in [6, 6.07) is 8.00. The number of nitrogens with zero attached hydrogens (tertiary/aromatic N) is 3. The summed E-state index contributed by atoms with van der Waals surface area (Å²) < 4.78 is 1.89. The highest BCUT2D eigenvalue weighted by Gasteiger charge is 2.14. The van der Waals surface area contributed by atoms with Crippen LogP contribution in [0.5, 0.6) is 0 Å². The van der Waals surface area contributed by atoms with E-state index in [4.69, 9.17) is 10.7 Å². The van der Waals surface area contributed by atoms with Gasteiger partial charge in [-0.2, -0.15) is 5.10 Å². The van der Waals surface area contributed by atoms with Crippen LogP contribution >= 0.6 is 0 Å². The standard InChI is InChI=1S/C18H23N5O/c1-12-14(8-9-17(24)20-11-5-10-19)13(2)23-18(21-12)15-6-3-4-7-16(15)22-23/h3-4,6-7H,5,8-11,19H2,1-2H3,(H,20,24). The van der Waals surface area contributed by atoms with E-state index < -0.39 is 0 Å². The first kappa shape index (κ1) is 16.4. The zero-order chi connectivity index (χ0) is 17.1. The quantitative estimate of drug-likeness (QED) is 0.678. The molecule has 2 heterocycles. The fraction of sp³-hybridized carbons (Fsp3) is 0.389. The number of carbonyl (C=O) groups excluding carboxylic acids is 1. The number of aromatic nitrogens is 3. The number of carbonyl (C=O) groups is 1. The monoisotopic (exact) mass is 325 g/mol. The molecule has 0 spiro atoms. The Balaban J connectivity index is 1.86. The van der Waals surface area contributed by atoms with Crippen LogP contribution in [0.4, 0.5) is 0 Å². The molecule has 6 nitrogen and oxygen atoms in total. The number of hydrogen-bond acceptors (Lipinski definition) is 4. The molecule has 1 amide bonds. The predicted octanol–water partition coefficient (Wildman–Crippen LogP) is 1.90. The zero-order valence-electron chi connectivity index (χ0n) is 14.2. The van der Waals surface area contributed by atoms with Crippen LogP contribution in [0.3, 0.4) is 0 Å². The first-order valence-corrected chi connectivity index (χ1v) is 8.32. The molecule has 3 aromatic rings. The summed E-state index contributed by atoms with van der Waals surface area (Å²) in [6.07, 6.45) is 1.91. The average Bonchev–Trinajstić information content (AvgIpc) is 2.94. The second-order valence-corrected chi connectivity index (χ2v) is 6.01. The Morgan fingerprint density at radius 2 is 2.08 bits per heavy atom. The van der Waals surface area contributed by atoms with Gasteiger partial charge in [0, 0.05) is 29.7 Å². The number of amides is 1. The summed E-state index contributed by atoms with van der Waals surface area (Å²) in [5.74, 6) is 0.0490. The molecule has 0 atom stereocenters. The minimum Gasteiger partial charge on any atom is -0.356 e. The SMILES string of the molecule is Cc1nc2c3ccccc3nn2c(C)c1CCC(=O)NCCCN. The van der Waals surface area contributed by atoms with Crippen LogP contribution in [-0.2, 0) is 11.2 Å². The highest BCUT2D eigenvalue weighted by atomic mass is 16.1. The van der Waals surface area contributed by atoms with E-state index in [1.165, 1.54) is 0 Å². The molecule has 24 heavy (non-hydrogen) atoms. The van der Waals surface area contributed by atoms with Crippen molar-refractivity contribution in [3.8, 4) is 0 Å². The summed E-state index contributed by atoms with van der Waals surface area (Å²) in [4.78, 5) is 16.7. The van der Waals surface area contributed by atoms with Crippen molar-refractivity contribution in [1.29, 1.82) is 0 Å². The number of hydrogen-bond donors (Lipinski definition) is 2. The molecular formula is C18H23N5O. The van der Waals surface area contributed by atoms with Crippen molar-refractivity contribution in [2.45, 2.75) is 33.1 Å². The first-order valence-electron chi connectivity index (χ1n) is 8.32.